The molecule has 2 fully saturated rings. The molecule has 53 heavy (non-hydrogen) atoms. The van der Waals surface area contributed by atoms with E-state index >= 15 is 0 Å². The van der Waals surface area contributed by atoms with Gasteiger partial charge in [0.2, 0.25) is 11.8 Å². The molecule has 3 aromatic heterocycles. The third-order valence-electron chi connectivity index (χ3n) is 10.8. The number of fused-ring (bicyclic) bond motifs is 1. The molecule has 5 atom stereocenters. The standard InChI is InChI=1S/C41H56N8O3S/c1-6-9-29-23-35(49-34(46-29)19-21-45-49)47-30-17-18-31(22-30)48-36(50)12-8-20-42-39(41(3,4)5)37(51)32-10-7-11-33(32)40(52)43-24-27-13-15-28(16-14-27)38-26(2)44-25-53-38/h13-16,19,21,23,25,30-33,39,42,47H,6-12,17-18,20,22,24H2,1-5H3,(H,43,52)(H,48,50)/t30-,31?,32?,33-,39-/m1/s1. The highest BCUT2D eigenvalue weighted by Gasteiger charge is 2.43. The minimum atomic E-state index is -0.402. The fourth-order valence-electron chi connectivity index (χ4n) is 8.04. The van der Waals surface area contributed by atoms with E-state index in [1.807, 2.05) is 35.1 Å². The van der Waals surface area contributed by atoms with Crippen molar-refractivity contribution < 1.29 is 14.4 Å². The Balaban J connectivity index is 0.942. The summed E-state index contributed by atoms with van der Waals surface area (Å²) in [5.74, 6) is 0.408. The van der Waals surface area contributed by atoms with Gasteiger partial charge in [0.1, 0.15) is 5.82 Å². The van der Waals surface area contributed by atoms with Gasteiger partial charge in [0.25, 0.3) is 0 Å². The van der Waals surface area contributed by atoms with Crippen molar-refractivity contribution in [3.8, 4) is 10.4 Å². The first kappa shape index (κ1) is 38.6. The lowest BCUT2D eigenvalue weighted by atomic mass is 9.77. The Labute approximate surface area is 317 Å². The SMILES string of the molecule is CCCc1cc(N[C@@H]2CCC(NC(=O)CCCN[C@H](C(=O)C3CCC[C@H]3C(=O)NCc3ccc(-c4scnc4C)cc3)C(C)(C)C)C2)n2nccc2n1. The van der Waals surface area contributed by atoms with Crippen LogP contribution in [0.2, 0.25) is 0 Å². The molecule has 284 valence electrons. The number of carbonyl (C=O) groups excluding carboxylic acids is 3. The average molecular weight is 741 g/mol. The minimum absolute atomic E-state index is 0.0421. The van der Waals surface area contributed by atoms with Crippen LogP contribution in [0.5, 0.6) is 0 Å². The maximum absolute atomic E-state index is 14.0. The monoisotopic (exact) mass is 740 g/mol. The van der Waals surface area contributed by atoms with E-state index in [4.69, 9.17) is 4.98 Å². The second-order valence-corrected chi connectivity index (χ2v) is 16.8. The zero-order valence-corrected chi connectivity index (χ0v) is 32.7. The molecular weight excluding hydrogens is 685 g/mol. The predicted molar refractivity (Wildman–Crippen MR) is 211 cm³/mol. The lowest BCUT2D eigenvalue weighted by Crippen LogP contribution is -2.51. The van der Waals surface area contributed by atoms with E-state index < -0.39 is 6.04 Å². The minimum Gasteiger partial charge on any atom is -0.367 e. The molecule has 2 saturated carbocycles. The largest absolute Gasteiger partial charge is 0.367 e. The number of carbonyl (C=O) groups is 3. The zero-order valence-electron chi connectivity index (χ0n) is 31.9. The molecule has 1 aromatic carbocycles. The number of amides is 2. The number of Topliss-reactive ketones (excluding diaryl/α,β-unsaturated/α-hetero) is 1. The van der Waals surface area contributed by atoms with Crippen molar-refractivity contribution in [2.75, 3.05) is 11.9 Å². The van der Waals surface area contributed by atoms with Crippen LogP contribution in [0.4, 0.5) is 5.82 Å². The number of ketones is 1. The summed E-state index contributed by atoms with van der Waals surface area (Å²) >= 11 is 1.62. The van der Waals surface area contributed by atoms with Crippen LogP contribution in [0, 0.1) is 24.2 Å². The van der Waals surface area contributed by atoms with Crippen LogP contribution in [-0.4, -0.2) is 61.8 Å². The molecule has 12 heteroatoms. The molecule has 2 unspecified atom stereocenters. The molecule has 4 aromatic rings. The molecule has 4 N–H and O–H groups in total. The van der Waals surface area contributed by atoms with Crippen LogP contribution in [0.1, 0.15) is 102 Å². The zero-order chi connectivity index (χ0) is 37.5. The molecule has 2 aliphatic carbocycles. The number of thiazole rings is 1. The fraction of sp³-hybridized carbons (Fsp3) is 0.561. The summed E-state index contributed by atoms with van der Waals surface area (Å²) in [5, 5.41) is 18.0. The van der Waals surface area contributed by atoms with E-state index in [0.29, 0.717) is 25.9 Å². The highest BCUT2D eigenvalue weighted by atomic mass is 32.1. The van der Waals surface area contributed by atoms with Gasteiger partial charge >= 0.3 is 0 Å². The van der Waals surface area contributed by atoms with E-state index in [2.05, 4.69) is 77.2 Å². The Morgan fingerprint density at radius 3 is 2.53 bits per heavy atom. The van der Waals surface area contributed by atoms with Gasteiger partial charge in [0.05, 0.1) is 28.3 Å². The highest BCUT2D eigenvalue weighted by molar-refractivity contribution is 7.13. The summed E-state index contributed by atoms with van der Waals surface area (Å²) in [7, 11) is 0. The topological polar surface area (TPSA) is 142 Å². The van der Waals surface area contributed by atoms with E-state index in [1.165, 1.54) is 0 Å². The van der Waals surface area contributed by atoms with Crippen molar-refractivity contribution in [1.82, 2.24) is 35.5 Å². The van der Waals surface area contributed by atoms with Gasteiger partial charge in [-0.05, 0) is 75.0 Å². The number of benzene rings is 1. The van der Waals surface area contributed by atoms with Gasteiger partial charge in [-0.2, -0.15) is 9.61 Å². The van der Waals surface area contributed by atoms with Crippen molar-refractivity contribution in [2.24, 2.45) is 17.3 Å². The van der Waals surface area contributed by atoms with Crippen molar-refractivity contribution in [3.63, 3.8) is 0 Å². The van der Waals surface area contributed by atoms with Crippen molar-refractivity contribution in [1.29, 1.82) is 0 Å². The predicted octanol–water partition coefficient (Wildman–Crippen LogP) is 6.65. The molecule has 0 saturated heterocycles. The van der Waals surface area contributed by atoms with E-state index in [0.717, 1.165) is 90.2 Å². The number of rotatable bonds is 16. The maximum atomic E-state index is 14.0. The Morgan fingerprint density at radius 1 is 1.02 bits per heavy atom. The van der Waals surface area contributed by atoms with Gasteiger partial charge in [-0.15, -0.1) is 11.3 Å². The van der Waals surface area contributed by atoms with E-state index in [1.54, 1.807) is 17.5 Å². The Hall–Kier alpha value is -4.16. The quantitative estimate of drug-likeness (QED) is 0.0937. The second-order valence-electron chi connectivity index (χ2n) is 16.0. The lowest BCUT2D eigenvalue weighted by molar-refractivity contribution is -0.135. The van der Waals surface area contributed by atoms with Gasteiger partial charge in [-0.25, -0.2) is 9.97 Å². The summed E-state index contributed by atoms with van der Waals surface area (Å²) in [6.45, 7) is 11.3. The first-order valence-corrected chi connectivity index (χ1v) is 20.3. The molecule has 0 bridgehead atoms. The lowest BCUT2D eigenvalue weighted by Gasteiger charge is -2.33. The van der Waals surface area contributed by atoms with Crippen LogP contribution < -0.4 is 21.3 Å². The van der Waals surface area contributed by atoms with Crippen LogP contribution in [0.15, 0.2) is 48.1 Å². The molecule has 2 amide bonds. The average Bonchev–Trinajstić information content (AvgIpc) is 3.95. The Morgan fingerprint density at radius 2 is 1.79 bits per heavy atom. The Kier molecular flexibility index (Phi) is 12.6. The van der Waals surface area contributed by atoms with E-state index in [-0.39, 0.29) is 46.9 Å². The maximum Gasteiger partial charge on any atom is 0.224 e. The normalized spacial score (nSPS) is 20.8. The summed E-state index contributed by atoms with van der Waals surface area (Å²) in [4.78, 5) is 50.7. The second kappa shape index (κ2) is 17.3. The molecule has 6 rings (SSSR count). The summed E-state index contributed by atoms with van der Waals surface area (Å²) in [6.07, 6.45) is 9.80. The van der Waals surface area contributed by atoms with Gasteiger partial charge in [-0.1, -0.05) is 64.8 Å². The van der Waals surface area contributed by atoms with Gasteiger partial charge < -0.3 is 21.3 Å². The third-order valence-corrected chi connectivity index (χ3v) is 11.8. The molecule has 2 aliphatic rings. The van der Waals surface area contributed by atoms with Gasteiger partial charge in [0, 0.05) is 54.7 Å². The molecule has 0 spiro atoms. The van der Waals surface area contributed by atoms with Gasteiger partial charge in [-0.3, -0.25) is 14.4 Å². The first-order valence-electron chi connectivity index (χ1n) is 19.4. The summed E-state index contributed by atoms with van der Waals surface area (Å²) in [5.41, 5.74) is 6.58. The summed E-state index contributed by atoms with van der Waals surface area (Å²) in [6, 6.07) is 12.2. The molecular formula is C41H56N8O3S. The highest BCUT2D eigenvalue weighted by Crippen LogP contribution is 2.36. The summed E-state index contributed by atoms with van der Waals surface area (Å²) < 4.78 is 1.85. The van der Waals surface area contributed by atoms with Crippen LogP contribution in [0.25, 0.3) is 16.1 Å². The molecule has 0 aliphatic heterocycles. The van der Waals surface area contributed by atoms with Crippen LogP contribution in [-0.2, 0) is 27.3 Å². The van der Waals surface area contributed by atoms with E-state index in [9.17, 15) is 14.4 Å². The van der Waals surface area contributed by atoms with Crippen molar-refractivity contribution >= 4 is 40.4 Å². The molecule has 0 radical (unpaired) electrons. The number of hydrogen-bond acceptors (Lipinski definition) is 9. The number of hydrogen-bond donors (Lipinski definition) is 4. The number of nitrogens with zero attached hydrogens (tertiary/aromatic N) is 4. The number of aromatic nitrogens is 4. The fourth-order valence-corrected chi connectivity index (χ4v) is 8.85. The Bertz CT molecular complexity index is 1860. The number of aryl methyl sites for hydroxylation is 2. The van der Waals surface area contributed by atoms with Crippen molar-refractivity contribution in [3.05, 3.63) is 65.1 Å². The van der Waals surface area contributed by atoms with Crippen LogP contribution in [0.3, 0.4) is 0 Å². The molecule has 11 nitrogen and oxygen atoms in total. The van der Waals surface area contributed by atoms with Crippen LogP contribution >= 0.6 is 11.3 Å². The number of nitrogens with one attached hydrogen (secondary N) is 4. The molecule has 3 heterocycles. The smallest absolute Gasteiger partial charge is 0.224 e. The first-order chi connectivity index (χ1) is 25.5. The van der Waals surface area contributed by atoms with Crippen molar-refractivity contribution in [2.45, 2.75) is 123 Å². The third kappa shape index (κ3) is 9.69. The number of anilines is 1. The van der Waals surface area contributed by atoms with Gasteiger partial charge in [0.15, 0.2) is 11.4 Å².